The average molecular weight is 275 g/mol. The van der Waals surface area contributed by atoms with Crippen LogP contribution < -0.4 is 0 Å². The summed E-state index contributed by atoms with van der Waals surface area (Å²) in [7, 11) is 0. The van der Waals surface area contributed by atoms with Gasteiger partial charge < -0.3 is 4.57 Å². The van der Waals surface area contributed by atoms with E-state index in [-0.39, 0.29) is 10.8 Å². The largest absolute Gasteiger partial charge is 0.417 e. The molecule has 0 spiro atoms. The van der Waals surface area contributed by atoms with Crippen LogP contribution in [0.5, 0.6) is 0 Å². The molecule has 1 aromatic heterocycles. The number of imidazole rings is 1. The van der Waals surface area contributed by atoms with Crippen molar-refractivity contribution in [1.82, 2.24) is 9.55 Å². The van der Waals surface area contributed by atoms with Crippen LogP contribution in [0.2, 0.25) is 5.28 Å². The minimum atomic E-state index is -4.40. The standard InChI is InChI=1S/C12H10ClF3N2/c1-2-18-10(7-17-11(18)13)8-5-3-4-6-9(8)12(14,15)16/h3-7H,2H2,1H3. The van der Waals surface area contributed by atoms with Crippen molar-refractivity contribution in [3.8, 4) is 11.3 Å². The molecule has 0 radical (unpaired) electrons. The third-order valence-corrected chi connectivity index (χ3v) is 2.93. The molecule has 0 aliphatic rings. The molecule has 6 heteroatoms. The van der Waals surface area contributed by atoms with Crippen LogP contribution in [0.25, 0.3) is 11.3 Å². The highest BCUT2D eigenvalue weighted by molar-refractivity contribution is 6.28. The second-order valence-corrected chi connectivity index (χ2v) is 4.04. The van der Waals surface area contributed by atoms with E-state index < -0.39 is 11.7 Å². The van der Waals surface area contributed by atoms with Crippen molar-refractivity contribution in [2.24, 2.45) is 0 Å². The van der Waals surface area contributed by atoms with Crippen molar-refractivity contribution < 1.29 is 13.2 Å². The van der Waals surface area contributed by atoms with Gasteiger partial charge in [-0.25, -0.2) is 4.98 Å². The molecule has 0 amide bonds. The molecular formula is C12H10ClF3N2. The SMILES string of the molecule is CCn1c(-c2ccccc2C(F)(F)F)cnc1Cl. The van der Waals surface area contributed by atoms with Gasteiger partial charge in [0.2, 0.25) is 5.28 Å². The molecule has 0 fully saturated rings. The summed E-state index contributed by atoms with van der Waals surface area (Å²) >= 11 is 5.83. The van der Waals surface area contributed by atoms with E-state index in [9.17, 15) is 13.2 Å². The van der Waals surface area contributed by atoms with Crippen molar-refractivity contribution in [2.75, 3.05) is 0 Å². The lowest BCUT2D eigenvalue weighted by Gasteiger charge is -2.13. The number of nitrogens with zero attached hydrogens (tertiary/aromatic N) is 2. The maximum atomic E-state index is 12.9. The van der Waals surface area contributed by atoms with Gasteiger partial charge in [-0.3, -0.25) is 0 Å². The van der Waals surface area contributed by atoms with E-state index in [1.165, 1.54) is 22.9 Å². The first-order chi connectivity index (χ1) is 8.45. The van der Waals surface area contributed by atoms with E-state index in [0.29, 0.717) is 12.2 Å². The molecule has 2 aromatic rings. The number of hydrogen-bond donors (Lipinski definition) is 0. The monoisotopic (exact) mass is 274 g/mol. The molecule has 0 saturated carbocycles. The lowest BCUT2D eigenvalue weighted by Crippen LogP contribution is -2.08. The molecule has 2 rings (SSSR count). The molecule has 0 bridgehead atoms. The van der Waals surface area contributed by atoms with Crippen LogP contribution in [0.3, 0.4) is 0 Å². The van der Waals surface area contributed by atoms with Crippen LogP contribution in [-0.2, 0) is 12.7 Å². The summed E-state index contributed by atoms with van der Waals surface area (Å²) in [5.74, 6) is 0. The highest BCUT2D eigenvalue weighted by Gasteiger charge is 2.34. The maximum absolute atomic E-state index is 12.9. The molecule has 0 saturated heterocycles. The highest BCUT2D eigenvalue weighted by Crippen LogP contribution is 2.37. The van der Waals surface area contributed by atoms with Gasteiger partial charge in [-0.15, -0.1) is 0 Å². The van der Waals surface area contributed by atoms with Crippen LogP contribution in [0, 0.1) is 0 Å². The molecule has 1 heterocycles. The molecule has 0 aliphatic carbocycles. The Morgan fingerprint density at radius 2 is 1.94 bits per heavy atom. The Hall–Kier alpha value is -1.49. The van der Waals surface area contributed by atoms with Gasteiger partial charge in [-0.2, -0.15) is 13.2 Å². The lowest BCUT2D eigenvalue weighted by atomic mass is 10.0. The van der Waals surface area contributed by atoms with Gasteiger partial charge in [0.1, 0.15) is 0 Å². The van der Waals surface area contributed by atoms with Crippen LogP contribution >= 0.6 is 11.6 Å². The molecule has 96 valence electrons. The normalized spacial score (nSPS) is 11.8. The minimum absolute atomic E-state index is 0.0891. The fourth-order valence-corrected chi connectivity index (χ4v) is 2.08. The second kappa shape index (κ2) is 4.65. The summed E-state index contributed by atoms with van der Waals surface area (Å²) < 4.78 is 40.3. The number of aromatic nitrogens is 2. The molecule has 0 unspecified atom stereocenters. The van der Waals surface area contributed by atoms with Gasteiger partial charge in [-0.05, 0) is 24.6 Å². The molecule has 0 aliphatic heterocycles. The predicted molar refractivity (Wildman–Crippen MR) is 63.3 cm³/mol. The number of alkyl halides is 3. The van der Waals surface area contributed by atoms with E-state index in [0.717, 1.165) is 6.07 Å². The minimum Gasteiger partial charge on any atom is -0.315 e. The van der Waals surface area contributed by atoms with Crippen LogP contribution in [0.4, 0.5) is 13.2 Å². The number of rotatable bonds is 2. The van der Waals surface area contributed by atoms with Gasteiger partial charge in [0, 0.05) is 12.1 Å². The van der Waals surface area contributed by atoms with E-state index in [1.54, 1.807) is 13.0 Å². The molecule has 2 nitrogen and oxygen atoms in total. The predicted octanol–water partition coefficient (Wildman–Crippen LogP) is 4.24. The first-order valence-electron chi connectivity index (χ1n) is 5.32. The zero-order valence-electron chi connectivity index (χ0n) is 9.50. The van der Waals surface area contributed by atoms with Crippen molar-refractivity contribution in [3.05, 3.63) is 41.3 Å². The van der Waals surface area contributed by atoms with Crippen molar-refractivity contribution in [1.29, 1.82) is 0 Å². The van der Waals surface area contributed by atoms with Crippen LogP contribution in [0.15, 0.2) is 30.5 Å². The molecule has 18 heavy (non-hydrogen) atoms. The molecule has 1 aromatic carbocycles. The summed E-state index contributed by atoms with van der Waals surface area (Å²) in [6.45, 7) is 2.26. The second-order valence-electron chi connectivity index (χ2n) is 3.70. The van der Waals surface area contributed by atoms with E-state index >= 15 is 0 Å². The Balaban J connectivity index is 2.64. The Bertz CT molecular complexity index is 561. The smallest absolute Gasteiger partial charge is 0.315 e. The number of hydrogen-bond acceptors (Lipinski definition) is 1. The quantitative estimate of drug-likeness (QED) is 0.801. The van der Waals surface area contributed by atoms with Crippen molar-refractivity contribution in [3.63, 3.8) is 0 Å². The van der Waals surface area contributed by atoms with Crippen molar-refractivity contribution in [2.45, 2.75) is 19.6 Å². The fourth-order valence-electron chi connectivity index (χ4n) is 1.82. The topological polar surface area (TPSA) is 17.8 Å². The Labute approximate surface area is 107 Å². The third-order valence-electron chi connectivity index (χ3n) is 2.63. The van der Waals surface area contributed by atoms with Gasteiger partial charge in [0.25, 0.3) is 0 Å². The van der Waals surface area contributed by atoms with Gasteiger partial charge in [-0.1, -0.05) is 18.2 Å². The number of benzene rings is 1. The first-order valence-corrected chi connectivity index (χ1v) is 5.70. The summed E-state index contributed by atoms with van der Waals surface area (Å²) in [6, 6.07) is 5.39. The summed E-state index contributed by atoms with van der Waals surface area (Å²) in [4.78, 5) is 3.85. The Morgan fingerprint density at radius 3 is 2.56 bits per heavy atom. The first kappa shape index (κ1) is 13.0. The average Bonchev–Trinajstić information content (AvgIpc) is 2.69. The lowest BCUT2D eigenvalue weighted by molar-refractivity contribution is -0.137. The molecule has 0 N–H and O–H groups in total. The van der Waals surface area contributed by atoms with E-state index in [1.807, 2.05) is 0 Å². The van der Waals surface area contributed by atoms with E-state index in [4.69, 9.17) is 11.6 Å². The zero-order valence-corrected chi connectivity index (χ0v) is 10.3. The van der Waals surface area contributed by atoms with Crippen LogP contribution in [-0.4, -0.2) is 9.55 Å². The van der Waals surface area contributed by atoms with Gasteiger partial charge in [0.15, 0.2) is 0 Å². The zero-order chi connectivity index (χ0) is 13.3. The number of halogens is 4. The summed E-state index contributed by atoms with van der Waals surface area (Å²) in [5, 5.41) is 0.185. The Morgan fingerprint density at radius 1 is 1.28 bits per heavy atom. The molecular weight excluding hydrogens is 265 g/mol. The summed E-state index contributed by atoms with van der Waals surface area (Å²) in [6.07, 6.45) is -3.04. The van der Waals surface area contributed by atoms with Crippen LogP contribution in [0.1, 0.15) is 12.5 Å². The highest BCUT2D eigenvalue weighted by atomic mass is 35.5. The Kier molecular flexibility index (Phi) is 3.34. The van der Waals surface area contributed by atoms with Crippen molar-refractivity contribution >= 4 is 11.6 Å². The van der Waals surface area contributed by atoms with Gasteiger partial charge >= 0.3 is 6.18 Å². The fraction of sp³-hybridized carbons (Fsp3) is 0.250. The maximum Gasteiger partial charge on any atom is 0.417 e. The van der Waals surface area contributed by atoms with Gasteiger partial charge in [0.05, 0.1) is 17.5 Å². The van der Waals surface area contributed by atoms with E-state index in [2.05, 4.69) is 4.98 Å². The third kappa shape index (κ3) is 2.22. The summed E-state index contributed by atoms with van der Waals surface area (Å²) in [5.41, 5.74) is -0.224. The molecule has 0 atom stereocenters.